The number of carbonyl (C=O) groups is 1. The van der Waals surface area contributed by atoms with E-state index in [4.69, 9.17) is 28.4 Å². The van der Waals surface area contributed by atoms with E-state index in [1.54, 1.807) is 0 Å². The lowest BCUT2D eigenvalue weighted by Gasteiger charge is -2.42. The second-order valence-corrected chi connectivity index (χ2v) is 16.2. The number of carbonyl (C=O) groups excluding carboxylic acids is 1. The Kier molecular flexibility index (Phi) is 29.9. The van der Waals surface area contributed by atoms with Crippen LogP contribution >= 0.6 is 0 Å². The van der Waals surface area contributed by atoms with E-state index >= 15 is 0 Å². The number of hydrogen-bond donors (Lipinski definition) is 7. The molecule has 57 heavy (non-hydrogen) atoms. The summed E-state index contributed by atoms with van der Waals surface area (Å²) in [5.41, 5.74) is 0. The molecule has 2 aliphatic rings. The third kappa shape index (κ3) is 21.9. The fourth-order valence-corrected chi connectivity index (χ4v) is 7.34. The predicted octanol–water partition coefficient (Wildman–Crippen LogP) is 4.96. The van der Waals surface area contributed by atoms with Crippen molar-refractivity contribution in [1.29, 1.82) is 0 Å². The molecule has 14 heteroatoms. The monoisotopic (exact) mass is 823 g/mol. The Bertz CT molecular complexity index is 959. The van der Waals surface area contributed by atoms with Crippen LogP contribution in [-0.4, -0.2) is 142 Å². The largest absolute Gasteiger partial charge is 0.457 e. The molecule has 0 bridgehead atoms. The average Bonchev–Trinajstić information content (AvgIpc) is 3.20. The molecule has 14 nitrogen and oxygen atoms in total. The van der Waals surface area contributed by atoms with E-state index in [0.717, 1.165) is 38.5 Å². The Labute approximate surface area is 342 Å². The van der Waals surface area contributed by atoms with Gasteiger partial charge in [0, 0.05) is 13.0 Å². The van der Waals surface area contributed by atoms with E-state index in [9.17, 15) is 40.5 Å². The molecule has 2 aliphatic heterocycles. The third-order valence-corrected chi connectivity index (χ3v) is 11.1. The molecule has 11 unspecified atom stereocenters. The van der Waals surface area contributed by atoms with Gasteiger partial charge in [-0.25, -0.2) is 0 Å². The lowest BCUT2D eigenvalue weighted by molar-refractivity contribution is -0.332. The summed E-state index contributed by atoms with van der Waals surface area (Å²) in [6.07, 6.45) is 11.9. The Balaban J connectivity index is 1.79. The first-order valence-corrected chi connectivity index (χ1v) is 22.6. The van der Waals surface area contributed by atoms with Crippen LogP contribution in [0.1, 0.15) is 168 Å². The summed E-state index contributed by atoms with van der Waals surface area (Å²) in [6, 6.07) is 0. The minimum Gasteiger partial charge on any atom is -0.457 e. The van der Waals surface area contributed by atoms with Crippen LogP contribution in [0.5, 0.6) is 0 Å². The van der Waals surface area contributed by atoms with Gasteiger partial charge in [-0.15, -0.1) is 0 Å². The fraction of sp³-hybridized carbons (Fsp3) is 0.977. The minimum absolute atomic E-state index is 0.0689. The van der Waals surface area contributed by atoms with Crippen molar-refractivity contribution in [2.24, 2.45) is 0 Å². The maximum atomic E-state index is 12.8. The highest BCUT2D eigenvalue weighted by Gasteiger charge is 2.47. The van der Waals surface area contributed by atoms with Gasteiger partial charge in [0.15, 0.2) is 12.6 Å². The molecule has 0 radical (unpaired) electrons. The molecule has 0 aromatic rings. The van der Waals surface area contributed by atoms with Crippen molar-refractivity contribution in [2.75, 3.05) is 33.0 Å². The molecule has 0 amide bonds. The van der Waals surface area contributed by atoms with Crippen LogP contribution < -0.4 is 0 Å². The molecular formula is C43H82O14. The average molecular weight is 823 g/mol. The fourth-order valence-electron chi connectivity index (χ4n) is 7.34. The van der Waals surface area contributed by atoms with Gasteiger partial charge >= 0.3 is 5.97 Å². The molecule has 7 N–H and O–H groups in total. The SMILES string of the molecule is CCCCCCCCCCCCCCCCCOCC(COC1OC(COC2OC(CO)C(O)C(O)C2O)C(O)C(O)C1O)OC(=O)CCCCCCCCCC. The second-order valence-electron chi connectivity index (χ2n) is 16.2. The number of ether oxygens (including phenoxy) is 6. The van der Waals surface area contributed by atoms with Crippen molar-refractivity contribution in [2.45, 2.75) is 235 Å². The summed E-state index contributed by atoms with van der Waals surface area (Å²) in [4.78, 5) is 12.8. The molecular weight excluding hydrogens is 740 g/mol. The smallest absolute Gasteiger partial charge is 0.306 e. The molecule has 2 saturated heterocycles. The van der Waals surface area contributed by atoms with Crippen LogP contribution in [0.2, 0.25) is 0 Å². The van der Waals surface area contributed by atoms with Crippen LogP contribution in [0.15, 0.2) is 0 Å². The molecule has 0 aromatic heterocycles. The van der Waals surface area contributed by atoms with E-state index in [0.29, 0.717) is 13.0 Å². The maximum absolute atomic E-state index is 12.8. The van der Waals surface area contributed by atoms with Crippen LogP contribution in [0.25, 0.3) is 0 Å². The van der Waals surface area contributed by atoms with Crippen molar-refractivity contribution < 1.29 is 69.0 Å². The summed E-state index contributed by atoms with van der Waals surface area (Å²) in [5.74, 6) is -0.378. The summed E-state index contributed by atoms with van der Waals surface area (Å²) < 4.78 is 34.1. The Morgan fingerprint density at radius 2 is 0.930 bits per heavy atom. The van der Waals surface area contributed by atoms with Crippen molar-refractivity contribution in [1.82, 2.24) is 0 Å². The standard InChI is InChI=1S/C43H82O14/c1-3-5-7-9-11-13-14-15-16-17-18-19-21-23-25-27-52-29-32(55-35(45)26-24-22-20-12-10-8-6-4-2)30-53-42-41(51)39(49)37(47)34(57-42)31-54-43-40(50)38(48)36(46)33(28-44)56-43/h32-34,36-44,46-51H,3-31H2,1-2H3. The van der Waals surface area contributed by atoms with Gasteiger partial charge < -0.3 is 64.2 Å². The molecule has 0 saturated carbocycles. The zero-order valence-corrected chi connectivity index (χ0v) is 35.3. The summed E-state index contributed by atoms with van der Waals surface area (Å²) in [7, 11) is 0. The number of aliphatic hydroxyl groups is 7. The first-order valence-electron chi connectivity index (χ1n) is 22.6. The molecule has 2 rings (SSSR count). The van der Waals surface area contributed by atoms with Crippen molar-refractivity contribution in [3.8, 4) is 0 Å². The molecule has 0 aliphatic carbocycles. The lowest BCUT2D eigenvalue weighted by Crippen LogP contribution is -2.61. The van der Waals surface area contributed by atoms with E-state index in [1.165, 1.54) is 103 Å². The van der Waals surface area contributed by atoms with Crippen LogP contribution in [0, 0.1) is 0 Å². The predicted molar refractivity (Wildman–Crippen MR) is 215 cm³/mol. The van der Waals surface area contributed by atoms with E-state index < -0.39 is 80.7 Å². The Morgan fingerprint density at radius 1 is 0.509 bits per heavy atom. The Hall–Kier alpha value is -1.01. The van der Waals surface area contributed by atoms with Crippen molar-refractivity contribution >= 4 is 5.97 Å². The number of hydrogen-bond acceptors (Lipinski definition) is 14. The summed E-state index contributed by atoms with van der Waals surface area (Å²) in [5, 5.41) is 71.7. The van der Waals surface area contributed by atoms with Gasteiger partial charge in [-0.1, -0.05) is 149 Å². The normalized spacial score (nSPS) is 28.4. The molecule has 2 fully saturated rings. The second kappa shape index (κ2) is 32.7. The lowest BCUT2D eigenvalue weighted by atomic mass is 9.98. The van der Waals surface area contributed by atoms with Crippen LogP contribution in [-0.2, 0) is 33.2 Å². The molecule has 0 spiro atoms. The van der Waals surface area contributed by atoms with E-state index in [1.807, 2.05) is 0 Å². The zero-order chi connectivity index (χ0) is 41.7. The summed E-state index contributed by atoms with van der Waals surface area (Å²) >= 11 is 0. The highest BCUT2D eigenvalue weighted by Crippen LogP contribution is 2.26. The van der Waals surface area contributed by atoms with Gasteiger partial charge in [-0.05, 0) is 12.8 Å². The van der Waals surface area contributed by atoms with Crippen LogP contribution in [0.3, 0.4) is 0 Å². The molecule has 2 heterocycles. The minimum atomic E-state index is -1.70. The van der Waals surface area contributed by atoms with Gasteiger partial charge in [-0.2, -0.15) is 0 Å². The van der Waals surface area contributed by atoms with Gasteiger partial charge in [0.2, 0.25) is 0 Å². The topological polar surface area (TPSA) is 214 Å². The van der Waals surface area contributed by atoms with Gasteiger partial charge in [0.1, 0.15) is 54.9 Å². The van der Waals surface area contributed by atoms with E-state index in [2.05, 4.69) is 13.8 Å². The van der Waals surface area contributed by atoms with Gasteiger partial charge in [0.25, 0.3) is 0 Å². The van der Waals surface area contributed by atoms with Gasteiger partial charge in [-0.3, -0.25) is 4.79 Å². The Morgan fingerprint density at radius 3 is 1.42 bits per heavy atom. The molecule has 338 valence electrons. The highest BCUT2D eigenvalue weighted by atomic mass is 16.7. The van der Waals surface area contributed by atoms with Crippen molar-refractivity contribution in [3.05, 3.63) is 0 Å². The molecule has 11 atom stereocenters. The third-order valence-electron chi connectivity index (χ3n) is 11.1. The quantitative estimate of drug-likeness (QED) is 0.0333. The first kappa shape index (κ1) is 52.1. The first-order chi connectivity index (χ1) is 27.6. The number of unbranched alkanes of at least 4 members (excludes halogenated alkanes) is 21. The van der Waals surface area contributed by atoms with Crippen LogP contribution in [0.4, 0.5) is 0 Å². The molecule has 0 aromatic carbocycles. The highest BCUT2D eigenvalue weighted by molar-refractivity contribution is 5.69. The summed E-state index contributed by atoms with van der Waals surface area (Å²) in [6.45, 7) is 3.66. The maximum Gasteiger partial charge on any atom is 0.306 e. The van der Waals surface area contributed by atoms with E-state index in [-0.39, 0.29) is 25.6 Å². The zero-order valence-electron chi connectivity index (χ0n) is 35.3. The number of rotatable bonds is 35. The number of aliphatic hydroxyl groups excluding tert-OH is 7. The number of esters is 1. The van der Waals surface area contributed by atoms with Gasteiger partial charge in [0.05, 0.1) is 26.4 Å². The van der Waals surface area contributed by atoms with Crippen molar-refractivity contribution in [3.63, 3.8) is 0 Å².